The van der Waals surface area contributed by atoms with Gasteiger partial charge in [-0.15, -0.1) is 0 Å². The van der Waals surface area contributed by atoms with Gasteiger partial charge in [0.15, 0.2) is 9.84 Å². The normalized spacial score (nSPS) is 15.4. The van der Waals surface area contributed by atoms with Gasteiger partial charge in [-0.25, -0.2) is 8.42 Å². The van der Waals surface area contributed by atoms with Crippen LogP contribution in [0.3, 0.4) is 0 Å². The number of piperidine rings is 1. The first-order valence-corrected chi connectivity index (χ1v) is 10.2. The molecule has 1 fully saturated rings. The molecule has 1 amide bonds. The summed E-state index contributed by atoms with van der Waals surface area (Å²) in [5.74, 6) is 0.0596. The molecule has 1 saturated heterocycles. The minimum Gasteiger partial charge on any atom is -0.339 e. The Morgan fingerprint density at radius 2 is 1.77 bits per heavy atom. The smallest absolute Gasteiger partial charge is 0.253 e. The lowest BCUT2D eigenvalue weighted by Gasteiger charge is -2.32. The van der Waals surface area contributed by atoms with Crippen LogP contribution in [0.25, 0.3) is 0 Å². The van der Waals surface area contributed by atoms with Crippen LogP contribution in [0.1, 0.15) is 28.8 Å². The number of likely N-dealkylation sites (tertiary alicyclic amines) is 1. The maximum atomic E-state index is 12.6. The first-order valence-electron chi connectivity index (χ1n) is 8.57. The topological polar surface area (TPSA) is 78.2 Å². The van der Waals surface area contributed by atoms with Crippen LogP contribution in [0.2, 0.25) is 0 Å². The van der Waals surface area contributed by atoms with Crippen LogP contribution in [0.4, 0.5) is 0 Å². The summed E-state index contributed by atoms with van der Waals surface area (Å²) in [6, 6.07) is 17.2. The number of carbonyl (C=O) groups is 1. The zero-order chi connectivity index (χ0) is 18.6. The van der Waals surface area contributed by atoms with E-state index in [4.69, 9.17) is 5.26 Å². The number of hydrogen-bond acceptors (Lipinski definition) is 4. The summed E-state index contributed by atoms with van der Waals surface area (Å²) in [4.78, 5) is 14.7. The summed E-state index contributed by atoms with van der Waals surface area (Å²) in [6.45, 7) is 1.06. The van der Waals surface area contributed by atoms with Gasteiger partial charge in [-0.3, -0.25) is 4.79 Å². The van der Waals surface area contributed by atoms with Crippen molar-refractivity contribution in [2.24, 2.45) is 5.92 Å². The highest BCUT2D eigenvalue weighted by Crippen LogP contribution is 2.23. The van der Waals surface area contributed by atoms with Gasteiger partial charge in [-0.1, -0.05) is 24.3 Å². The second kappa shape index (κ2) is 7.71. The van der Waals surface area contributed by atoms with Crippen molar-refractivity contribution in [1.29, 1.82) is 5.26 Å². The van der Waals surface area contributed by atoms with E-state index < -0.39 is 9.84 Å². The number of benzene rings is 2. The van der Waals surface area contributed by atoms with E-state index in [1.165, 1.54) is 0 Å². The summed E-state index contributed by atoms with van der Waals surface area (Å²) < 4.78 is 25.0. The summed E-state index contributed by atoms with van der Waals surface area (Å²) in [5.41, 5.74) is 0.957. The SMILES string of the molecule is N#Cc1cccc(C(=O)N2CCC(CS(=O)(=O)c3ccccc3)CC2)c1. The summed E-state index contributed by atoms with van der Waals surface area (Å²) in [5, 5.41) is 8.96. The molecule has 2 aromatic carbocycles. The molecule has 26 heavy (non-hydrogen) atoms. The number of sulfone groups is 1. The number of nitrogens with zero attached hydrogens (tertiary/aromatic N) is 2. The van der Waals surface area contributed by atoms with E-state index in [1.54, 1.807) is 59.5 Å². The van der Waals surface area contributed by atoms with Gasteiger partial charge in [0, 0.05) is 18.7 Å². The fourth-order valence-corrected chi connectivity index (χ4v) is 4.96. The van der Waals surface area contributed by atoms with Gasteiger partial charge >= 0.3 is 0 Å². The van der Waals surface area contributed by atoms with Gasteiger partial charge in [0.05, 0.1) is 22.3 Å². The fraction of sp³-hybridized carbons (Fsp3) is 0.300. The Labute approximate surface area is 153 Å². The molecule has 5 nitrogen and oxygen atoms in total. The van der Waals surface area contributed by atoms with Crippen molar-refractivity contribution in [2.75, 3.05) is 18.8 Å². The highest BCUT2D eigenvalue weighted by molar-refractivity contribution is 7.91. The van der Waals surface area contributed by atoms with Crippen LogP contribution in [-0.4, -0.2) is 38.1 Å². The lowest BCUT2D eigenvalue weighted by molar-refractivity contribution is 0.0698. The van der Waals surface area contributed by atoms with Gasteiger partial charge in [0.1, 0.15) is 0 Å². The second-order valence-corrected chi connectivity index (χ2v) is 8.56. The molecule has 2 aromatic rings. The molecule has 0 saturated carbocycles. The van der Waals surface area contributed by atoms with Gasteiger partial charge in [0.25, 0.3) is 5.91 Å². The van der Waals surface area contributed by atoms with E-state index in [1.807, 2.05) is 6.07 Å². The van der Waals surface area contributed by atoms with Crippen molar-refractivity contribution in [3.05, 3.63) is 65.7 Å². The van der Waals surface area contributed by atoms with Crippen molar-refractivity contribution < 1.29 is 13.2 Å². The summed E-state index contributed by atoms with van der Waals surface area (Å²) in [6.07, 6.45) is 1.32. The molecule has 134 valence electrons. The Balaban J connectivity index is 1.61. The van der Waals surface area contributed by atoms with Gasteiger partial charge in [0.2, 0.25) is 0 Å². The monoisotopic (exact) mass is 368 g/mol. The lowest BCUT2D eigenvalue weighted by Crippen LogP contribution is -2.40. The number of nitriles is 1. The van der Waals surface area contributed by atoms with Gasteiger partial charge < -0.3 is 4.90 Å². The van der Waals surface area contributed by atoms with Crippen LogP contribution in [0, 0.1) is 17.2 Å². The molecule has 6 heteroatoms. The molecule has 0 N–H and O–H groups in total. The van der Waals surface area contributed by atoms with Gasteiger partial charge in [-0.05, 0) is 49.1 Å². The summed E-state index contributed by atoms with van der Waals surface area (Å²) in [7, 11) is -3.30. The standard InChI is InChI=1S/C20H20N2O3S/c21-14-17-5-4-6-18(13-17)20(23)22-11-9-16(10-12-22)15-26(24,25)19-7-2-1-3-8-19/h1-8,13,16H,9-12,15H2. The van der Waals surface area contributed by atoms with Crippen LogP contribution in [0.15, 0.2) is 59.5 Å². The number of hydrogen-bond donors (Lipinski definition) is 0. The lowest BCUT2D eigenvalue weighted by atomic mass is 9.98. The first-order chi connectivity index (χ1) is 12.5. The highest BCUT2D eigenvalue weighted by Gasteiger charge is 2.27. The molecule has 0 aromatic heterocycles. The Morgan fingerprint density at radius 3 is 2.42 bits per heavy atom. The van der Waals surface area contributed by atoms with E-state index in [-0.39, 0.29) is 17.6 Å². The van der Waals surface area contributed by atoms with E-state index in [0.717, 1.165) is 0 Å². The van der Waals surface area contributed by atoms with Crippen LogP contribution in [0.5, 0.6) is 0 Å². The predicted molar refractivity (Wildman–Crippen MR) is 98.3 cm³/mol. The van der Waals surface area contributed by atoms with E-state index in [9.17, 15) is 13.2 Å². The van der Waals surface area contributed by atoms with E-state index in [0.29, 0.717) is 42.0 Å². The van der Waals surface area contributed by atoms with Crippen molar-refractivity contribution in [1.82, 2.24) is 4.90 Å². The maximum absolute atomic E-state index is 12.6. The Kier molecular flexibility index (Phi) is 5.38. The molecular formula is C20H20N2O3S. The Bertz CT molecular complexity index is 925. The van der Waals surface area contributed by atoms with Crippen LogP contribution in [-0.2, 0) is 9.84 Å². The average Bonchev–Trinajstić information content (AvgIpc) is 2.68. The van der Waals surface area contributed by atoms with Crippen molar-refractivity contribution in [3.8, 4) is 6.07 Å². The molecule has 1 aliphatic rings. The second-order valence-electron chi connectivity index (χ2n) is 6.52. The zero-order valence-electron chi connectivity index (χ0n) is 14.3. The molecule has 0 aliphatic carbocycles. The summed E-state index contributed by atoms with van der Waals surface area (Å²) >= 11 is 0. The van der Waals surface area contributed by atoms with E-state index >= 15 is 0 Å². The Morgan fingerprint density at radius 1 is 1.08 bits per heavy atom. The maximum Gasteiger partial charge on any atom is 0.253 e. The van der Waals surface area contributed by atoms with Crippen LogP contribution >= 0.6 is 0 Å². The van der Waals surface area contributed by atoms with Crippen molar-refractivity contribution in [2.45, 2.75) is 17.7 Å². The number of rotatable bonds is 4. The fourth-order valence-electron chi connectivity index (χ4n) is 3.24. The zero-order valence-corrected chi connectivity index (χ0v) is 15.2. The van der Waals surface area contributed by atoms with Crippen molar-refractivity contribution in [3.63, 3.8) is 0 Å². The minimum absolute atomic E-state index is 0.0506. The molecule has 0 spiro atoms. The molecule has 0 atom stereocenters. The van der Waals surface area contributed by atoms with E-state index in [2.05, 4.69) is 0 Å². The molecule has 3 rings (SSSR count). The Hall–Kier alpha value is -2.65. The third kappa shape index (κ3) is 4.12. The largest absolute Gasteiger partial charge is 0.339 e. The third-order valence-corrected chi connectivity index (χ3v) is 6.60. The number of carbonyl (C=O) groups excluding carboxylic acids is 1. The highest BCUT2D eigenvalue weighted by atomic mass is 32.2. The quantitative estimate of drug-likeness (QED) is 0.831. The minimum atomic E-state index is -3.30. The van der Waals surface area contributed by atoms with Crippen LogP contribution < -0.4 is 0 Å². The molecular weight excluding hydrogens is 348 g/mol. The third-order valence-electron chi connectivity index (χ3n) is 4.70. The van der Waals surface area contributed by atoms with Gasteiger partial charge in [-0.2, -0.15) is 5.26 Å². The molecule has 0 unspecified atom stereocenters. The molecule has 1 aliphatic heterocycles. The van der Waals surface area contributed by atoms with Crippen molar-refractivity contribution >= 4 is 15.7 Å². The number of amides is 1. The molecule has 0 radical (unpaired) electrons. The molecule has 1 heterocycles. The molecule has 0 bridgehead atoms. The predicted octanol–water partition coefficient (Wildman–Crippen LogP) is 2.88. The first kappa shape index (κ1) is 18.2. The average molecular weight is 368 g/mol.